The van der Waals surface area contributed by atoms with Crippen molar-refractivity contribution in [3.05, 3.63) is 53.1 Å². The first kappa shape index (κ1) is 28.5. The minimum atomic E-state index is 0. The SMILES string of the molecule is CC(C)(C)c1cccc(O)c1.CC1=[C-]CC=C1C.C[C](C)=[Ti+].[Cl-].[Cl-]. The third kappa shape index (κ3) is 14.0. The van der Waals surface area contributed by atoms with Crippen molar-refractivity contribution in [3.8, 4) is 5.75 Å². The maximum Gasteiger partial charge on any atom is -1.00 e. The van der Waals surface area contributed by atoms with Crippen LogP contribution in [0.1, 0.15) is 60.5 Å². The Bertz CT molecular complexity index is 535. The van der Waals surface area contributed by atoms with E-state index >= 15 is 0 Å². The summed E-state index contributed by atoms with van der Waals surface area (Å²) in [5.41, 5.74) is 4.00. The fourth-order valence-corrected chi connectivity index (χ4v) is 1.62. The summed E-state index contributed by atoms with van der Waals surface area (Å²) in [5, 5.41) is 9.18. The van der Waals surface area contributed by atoms with E-state index in [0.717, 1.165) is 12.0 Å². The molecule has 24 heavy (non-hydrogen) atoms. The molecule has 0 bridgehead atoms. The second-order valence-electron chi connectivity index (χ2n) is 6.69. The number of halogens is 2. The molecular formula is C20H29Cl2OTi-2. The molecule has 4 heteroatoms. The minimum absolute atomic E-state index is 0. The predicted octanol–water partition coefficient (Wildman–Crippen LogP) is -0.471. The Kier molecular flexibility index (Phi) is 16.5. The molecule has 0 aromatic heterocycles. The Hall–Kier alpha value is -0.336. The van der Waals surface area contributed by atoms with Crippen LogP contribution in [-0.4, -0.2) is 8.92 Å². The maximum absolute atomic E-state index is 9.18. The van der Waals surface area contributed by atoms with Crippen molar-refractivity contribution in [1.82, 2.24) is 0 Å². The number of hydrogen-bond donors (Lipinski definition) is 1. The molecule has 0 amide bonds. The van der Waals surface area contributed by atoms with Crippen LogP contribution >= 0.6 is 0 Å². The van der Waals surface area contributed by atoms with E-state index in [1.165, 1.54) is 15.0 Å². The maximum atomic E-state index is 9.18. The van der Waals surface area contributed by atoms with Crippen molar-refractivity contribution >= 4 is 3.81 Å². The summed E-state index contributed by atoms with van der Waals surface area (Å²) in [4.78, 5) is 0. The van der Waals surface area contributed by atoms with Gasteiger partial charge in [0.05, 0.1) is 0 Å². The van der Waals surface area contributed by atoms with Gasteiger partial charge in [0.15, 0.2) is 0 Å². The van der Waals surface area contributed by atoms with E-state index in [1.807, 2.05) is 12.1 Å². The van der Waals surface area contributed by atoms with Gasteiger partial charge in [0.25, 0.3) is 0 Å². The summed E-state index contributed by atoms with van der Waals surface area (Å²) >= 11 is 2.08. The Morgan fingerprint density at radius 1 is 1.12 bits per heavy atom. The molecule has 0 saturated carbocycles. The van der Waals surface area contributed by atoms with Crippen LogP contribution in [0, 0.1) is 6.08 Å². The number of aromatic hydroxyl groups is 1. The number of phenolic OH excluding ortho intramolecular Hbond substituents is 1. The third-order valence-corrected chi connectivity index (χ3v) is 3.08. The van der Waals surface area contributed by atoms with Crippen molar-refractivity contribution in [2.75, 3.05) is 0 Å². The molecule has 0 aliphatic heterocycles. The van der Waals surface area contributed by atoms with Gasteiger partial charge >= 0.3 is 37.6 Å². The summed E-state index contributed by atoms with van der Waals surface area (Å²) in [5.74, 6) is 0.345. The molecule has 0 fully saturated rings. The molecule has 1 aliphatic rings. The fourth-order valence-electron chi connectivity index (χ4n) is 1.62. The van der Waals surface area contributed by atoms with Crippen molar-refractivity contribution in [1.29, 1.82) is 0 Å². The van der Waals surface area contributed by atoms with Crippen molar-refractivity contribution in [3.63, 3.8) is 0 Å². The van der Waals surface area contributed by atoms with Gasteiger partial charge in [-0.1, -0.05) is 39.8 Å². The zero-order valence-electron chi connectivity index (χ0n) is 15.8. The molecule has 0 spiro atoms. The number of rotatable bonds is 0. The van der Waals surface area contributed by atoms with Crippen molar-refractivity contribution in [2.45, 2.75) is 60.3 Å². The van der Waals surface area contributed by atoms with Crippen LogP contribution < -0.4 is 24.8 Å². The van der Waals surface area contributed by atoms with E-state index < -0.39 is 0 Å². The Morgan fingerprint density at radius 3 is 1.83 bits per heavy atom. The van der Waals surface area contributed by atoms with Crippen LogP contribution in [0.5, 0.6) is 5.75 Å². The van der Waals surface area contributed by atoms with E-state index in [9.17, 15) is 5.11 Å². The van der Waals surface area contributed by atoms with Gasteiger partial charge in [0, 0.05) is 0 Å². The van der Waals surface area contributed by atoms with Gasteiger partial charge < -0.3 is 29.9 Å². The van der Waals surface area contributed by atoms with Gasteiger partial charge in [-0.3, -0.25) is 6.08 Å². The predicted molar refractivity (Wildman–Crippen MR) is 94.0 cm³/mol. The molecular weight excluding hydrogens is 375 g/mol. The molecule has 0 saturated heterocycles. The van der Waals surface area contributed by atoms with Crippen LogP contribution in [0.15, 0.2) is 41.5 Å². The smallest absolute Gasteiger partial charge is 1.00 e. The molecule has 0 unspecified atom stereocenters. The summed E-state index contributed by atoms with van der Waals surface area (Å²) < 4.78 is 1.42. The first-order valence-corrected chi connectivity index (χ1v) is 8.38. The molecule has 1 nitrogen and oxygen atoms in total. The number of allylic oxidation sites excluding steroid dienone is 4. The zero-order valence-corrected chi connectivity index (χ0v) is 18.9. The van der Waals surface area contributed by atoms with E-state index in [2.05, 4.69) is 80.6 Å². The largest absolute Gasteiger partial charge is 1.00 e. The molecule has 1 aromatic carbocycles. The van der Waals surface area contributed by atoms with Crippen LogP contribution in [0.2, 0.25) is 0 Å². The average Bonchev–Trinajstić information content (AvgIpc) is 2.73. The molecule has 1 aromatic rings. The van der Waals surface area contributed by atoms with E-state index in [1.54, 1.807) is 12.1 Å². The van der Waals surface area contributed by atoms with Gasteiger partial charge in [-0.15, -0.1) is 13.3 Å². The Balaban J connectivity index is -0.000000296. The summed E-state index contributed by atoms with van der Waals surface area (Å²) in [6.07, 6.45) is 6.41. The summed E-state index contributed by atoms with van der Waals surface area (Å²) in [7, 11) is 0. The van der Waals surface area contributed by atoms with E-state index in [-0.39, 0.29) is 30.2 Å². The van der Waals surface area contributed by atoms with Gasteiger partial charge in [-0.2, -0.15) is 6.08 Å². The normalized spacial score (nSPS) is 12.0. The molecule has 1 N–H and O–H groups in total. The standard InChI is InChI=1S/C10H14O.C7H9.C3H6.2ClH.Ti/c1-10(2,3)8-5-4-6-9(11)7-8;1-6-4-3-5-7(6)2;1-3-2;;;/h4-7,11H,1-3H3;4H,3H2,1-2H3;1-2H3;2*1H;/q;-1;;;;+1/p-2. The number of hydrogen-bond acceptors (Lipinski definition) is 1. The third-order valence-electron chi connectivity index (χ3n) is 3.08. The van der Waals surface area contributed by atoms with Gasteiger partial charge in [0.1, 0.15) is 5.75 Å². The first-order valence-electron chi connectivity index (χ1n) is 7.60. The summed E-state index contributed by atoms with van der Waals surface area (Å²) in [6.45, 7) is 14.8. The molecule has 135 valence electrons. The molecule has 0 heterocycles. The van der Waals surface area contributed by atoms with E-state index in [4.69, 9.17) is 0 Å². The Labute approximate surface area is 172 Å². The van der Waals surface area contributed by atoms with Crippen LogP contribution in [0.25, 0.3) is 0 Å². The fraction of sp³-hybridized carbons (Fsp3) is 0.450. The number of phenols is 1. The van der Waals surface area contributed by atoms with Gasteiger partial charge in [-0.05, 0) is 23.1 Å². The van der Waals surface area contributed by atoms with Crippen molar-refractivity contribution in [2.24, 2.45) is 0 Å². The van der Waals surface area contributed by atoms with Crippen molar-refractivity contribution < 1.29 is 49.9 Å². The Morgan fingerprint density at radius 2 is 1.62 bits per heavy atom. The first-order chi connectivity index (χ1) is 10.0. The quantitative estimate of drug-likeness (QED) is 0.458. The van der Waals surface area contributed by atoms with Crippen LogP contribution in [-0.2, 0) is 25.4 Å². The second-order valence-corrected chi connectivity index (χ2v) is 8.25. The second kappa shape index (κ2) is 13.9. The van der Waals surface area contributed by atoms with Crippen LogP contribution in [0.4, 0.5) is 0 Å². The van der Waals surface area contributed by atoms with Gasteiger partial charge in [-0.25, -0.2) is 11.1 Å². The van der Waals surface area contributed by atoms with E-state index in [0.29, 0.717) is 5.75 Å². The molecule has 1 aliphatic carbocycles. The topological polar surface area (TPSA) is 20.2 Å². The van der Waals surface area contributed by atoms with Gasteiger partial charge in [0.2, 0.25) is 0 Å². The molecule has 2 rings (SSSR count). The molecule has 0 radical (unpaired) electrons. The van der Waals surface area contributed by atoms with Crippen LogP contribution in [0.3, 0.4) is 0 Å². The minimum Gasteiger partial charge on any atom is -1.00 e. The summed E-state index contributed by atoms with van der Waals surface area (Å²) in [6, 6.07) is 7.39. The number of benzene rings is 1. The zero-order chi connectivity index (χ0) is 17.3. The monoisotopic (exact) mass is 403 g/mol. The average molecular weight is 404 g/mol. The molecule has 0 atom stereocenters.